The molecule has 4 nitrogen and oxygen atoms in total. The number of β-amino-alcohol motifs (C(OH)–C–C–N with tert-alkyl or cyclic N) is 1. The van der Waals surface area contributed by atoms with Gasteiger partial charge in [0.2, 0.25) is 0 Å². The summed E-state index contributed by atoms with van der Waals surface area (Å²) in [5.41, 5.74) is -0.266. The van der Waals surface area contributed by atoms with Gasteiger partial charge in [0.05, 0.1) is 17.7 Å². The molecule has 0 radical (unpaired) electrons. The van der Waals surface area contributed by atoms with Crippen LogP contribution in [0.2, 0.25) is 0 Å². The minimum atomic E-state index is -0.624. The van der Waals surface area contributed by atoms with Gasteiger partial charge in [0.15, 0.2) is 0 Å². The maximum Gasteiger partial charge on any atom is 0.0994 e. The molecule has 5 heteroatoms. The first-order chi connectivity index (χ1) is 5.75. The third kappa shape index (κ3) is 1.82. The molecule has 2 aliphatic rings. The van der Waals surface area contributed by atoms with Crippen LogP contribution in [0.1, 0.15) is 12.8 Å². The van der Waals surface area contributed by atoms with E-state index >= 15 is 0 Å². The van der Waals surface area contributed by atoms with Crippen LogP contribution < -0.4 is 5.32 Å². The number of hydrogen-bond donors (Lipinski definition) is 3. The molecule has 78 valence electrons. The molecule has 2 fully saturated rings. The minimum Gasteiger partial charge on any atom is -0.389 e. The van der Waals surface area contributed by atoms with Gasteiger partial charge in [-0.15, -0.1) is 12.4 Å². The zero-order valence-electron chi connectivity index (χ0n) is 7.40. The van der Waals surface area contributed by atoms with Crippen LogP contribution in [-0.2, 0) is 4.74 Å². The fraction of sp³-hybridized carbons (Fsp3) is 1.00. The van der Waals surface area contributed by atoms with Crippen molar-refractivity contribution >= 4 is 12.4 Å². The molecule has 2 atom stereocenters. The molecule has 0 aromatic rings. The van der Waals surface area contributed by atoms with Crippen molar-refractivity contribution in [3.63, 3.8) is 0 Å². The van der Waals surface area contributed by atoms with E-state index in [0.29, 0.717) is 19.8 Å². The molecular weight excluding hydrogens is 194 g/mol. The second kappa shape index (κ2) is 4.11. The molecule has 2 saturated heterocycles. The first-order valence-electron chi connectivity index (χ1n) is 4.43. The standard InChI is InChI=1S/C8H15NO3.ClH/c10-6-5-9-8(7(6)11)1-3-12-4-2-8;/h6-7,9-11H,1-5H2;1H. The molecule has 2 unspecified atom stereocenters. The normalized spacial score (nSPS) is 37.4. The molecule has 0 bridgehead atoms. The van der Waals surface area contributed by atoms with Crippen molar-refractivity contribution in [3.05, 3.63) is 0 Å². The topological polar surface area (TPSA) is 61.7 Å². The fourth-order valence-corrected chi connectivity index (χ4v) is 2.10. The van der Waals surface area contributed by atoms with Crippen LogP contribution in [0.25, 0.3) is 0 Å². The van der Waals surface area contributed by atoms with Crippen LogP contribution in [0.5, 0.6) is 0 Å². The van der Waals surface area contributed by atoms with Crippen molar-refractivity contribution in [2.75, 3.05) is 19.8 Å². The number of ether oxygens (including phenoxy) is 1. The lowest BCUT2D eigenvalue weighted by Crippen LogP contribution is -2.52. The number of hydrogen-bond acceptors (Lipinski definition) is 4. The van der Waals surface area contributed by atoms with E-state index in [-0.39, 0.29) is 17.9 Å². The summed E-state index contributed by atoms with van der Waals surface area (Å²) in [4.78, 5) is 0. The summed E-state index contributed by atoms with van der Waals surface area (Å²) < 4.78 is 5.21. The molecule has 2 heterocycles. The van der Waals surface area contributed by atoms with Gasteiger partial charge in [0, 0.05) is 19.8 Å². The first kappa shape index (κ1) is 11.2. The largest absolute Gasteiger partial charge is 0.389 e. The molecule has 1 spiro atoms. The van der Waals surface area contributed by atoms with Gasteiger partial charge < -0.3 is 20.3 Å². The lowest BCUT2D eigenvalue weighted by Gasteiger charge is -2.36. The van der Waals surface area contributed by atoms with E-state index < -0.39 is 12.2 Å². The molecule has 0 aliphatic carbocycles. The SMILES string of the molecule is Cl.OC1CNC2(CCOCC2)C1O. The zero-order chi connectivity index (χ0) is 8.60. The lowest BCUT2D eigenvalue weighted by molar-refractivity contribution is -0.0382. The van der Waals surface area contributed by atoms with E-state index in [4.69, 9.17) is 4.74 Å². The Balaban J connectivity index is 0.000000845. The Morgan fingerprint density at radius 2 is 1.85 bits per heavy atom. The van der Waals surface area contributed by atoms with Gasteiger partial charge in [-0.2, -0.15) is 0 Å². The highest BCUT2D eigenvalue weighted by molar-refractivity contribution is 5.85. The minimum absolute atomic E-state index is 0. The lowest BCUT2D eigenvalue weighted by atomic mass is 9.85. The quantitative estimate of drug-likeness (QED) is 0.493. The van der Waals surface area contributed by atoms with E-state index in [1.807, 2.05) is 0 Å². The Morgan fingerprint density at radius 1 is 1.23 bits per heavy atom. The van der Waals surface area contributed by atoms with Crippen LogP contribution in [0, 0.1) is 0 Å². The average Bonchev–Trinajstić information content (AvgIpc) is 2.37. The Morgan fingerprint density at radius 3 is 2.31 bits per heavy atom. The van der Waals surface area contributed by atoms with Crippen molar-refractivity contribution < 1.29 is 14.9 Å². The van der Waals surface area contributed by atoms with Crippen LogP contribution in [0.15, 0.2) is 0 Å². The summed E-state index contributed by atoms with van der Waals surface area (Å²) in [6.45, 7) is 1.86. The van der Waals surface area contributed by atoms with E-state index in [1.54, 1.807) is 0 Å². The molecule has 0 amide bonds. The van der Waals surface area contributed by atoms with Crippen molar-refractivity contribution in [1.29, 1.82) is 0 Å². The number of nitrogens with one attached hydrogen (secondary N) is 1. The zero-order valence-corrected chi connectivity index (χ0v) is 8.22. The maximum absolute atomic E-state index is 9.70. The fourth-order valence-electron chi connectivity index (χ4n) is 2.10. The highest BCUT2D eigenvalue weighted by atomic mass is 35.5. The maximum atomic E-state index is 9.70. The Hall–Kier alpha value is 0.130. The molecule has 0 aromatic carbocycles. The summed E-state index contributed by atoms with van der Waals surface area (Å²) in [5, 5.41) is 22.3. The average molecular weight is 210 g/mol. The highest BCUT2D eigenvalue weighted by Crippen LogP contribution is 2.30. The molecule has 13 heavy (non-hydrogen) atoms. The third-order valence-electron chi connectivity index (χ3n) is 2.98. The van der Waals surface area contributed by atoms with Crippen LogP contribution >= 0.6 is 12.4 Å². The smallest absolute Gasteiger partial charge is 0.0994 e. The van der Waals surface area contributed by atoms with Crippen LogP contribution in [0.3, 0.4) is 0 Å². The summed E-state index contributed by atoms with van der Waals surface area (Å²) in [6, 6.07) is 0. The van der Waals surface area contributed by atoms with Gasteiger partial charge >= 0.3 is 0 Å². The van der Waals surface area contributed by atoms with Crippen molar-refractivity contribution in [1.82, 2.24) is 5.32 Å². The van der Waals surface area contributed by atoms with Gasteiger partial charge in [0.1, 0.15) is 0 Å². The van der Waals surface area contributed by atoms with Crippen molar-refractivity contribution in [3.8, 4) is 0 Å². The number of aliphatic hydroxyl groups excluding tert-OH is 2. The first-order valence-corrected chi connectivity index (χ1v) is 4.43. The predicted molar refractivity (Wildman–Crippen MR) is 50.0 cm³/mol. The Kier molecular flexibility index (Phi) is 3.54. The van der Waals surface area contributed by atoms with Crippen molar-refractivity contribution in [2.45, 2.75) is 30.6 Å². The van der Waals surface area contributed by atoms with E-state index in [1.165, 1.54) is 0 Å². The summed E-state index contributed by atoms with van der Waals surface area (Å²) in [7, 11) is 0. The Labute approximate surface area is 83.7 Å². The van der Waals surface area contributed by atoms with Gasteiger partial charge in [-0.25, -0.2) is 0 Å². The second-order valence-corrected chi connectivity index (χ2v) is 3.66. The van der Waals surface area contributed by atoms with E-state index in [9.17, 15) is 10.2 Å². The van der Waals surface area contributed by atoms with Crippen LogP contribution in [0.4, 0.5) is 0 Å². The van der Waals surface area contributed by atoms with Gasteiger partial charge in [-0.1, -0.05) is 0 Å². The number of rotatable bonds is 0. The molecular formula is C8H16ClNO3. The summed E-state index contributed by atoms with van der Waals surface area (Å²) in [5.74, 6) is 0. The highest BCUT2D eigenvalue weighted by Gasteiger charge is 2.47. The van der Waals surface area contributed by atoms with E-state index in [0.717, 1.165) is 12.8 Å². The molecule has 2 aliphatic heterocycles. The van der Waals surface area contributed by atoms with Crippen LogP contribution in [-0.4, -0.2) is 47.7 Å². The molecule has 0 saturated carbocycles. The molecule has 0 aromatic heterocycles. The molecule has 3 N–H and O–H groups in total. The number of halogens is 1. The van der Waals surface area contributed by atoms with Gasteiger partial charge in [-0.05, 0) is 12.8 Å². The predicted octanol–water partition coefficient (Wildman–Crippen LogP) is -0.718. The monoisotopic (exact) mass is 209 g/mol. The van der Waals surface area contributed by atoms with Crippen molar-refractivity contribution in [2.24, 2.45) is 0 Å². The number of aliphatic hydroxyl groups is 2. The second-order valence-electron chi connectivity index (χ2n) is 3.66. The summed E-state index contributed by atoms with van der Waals surface area (Å²) in [6.07, 6.45) is 0.362. The third-order valence-corrected chi connectivity index (χ3v) is 2.98. The summed E-state index contributed by atoms with van der Waals surface area (Å²) >= 11 is 0. The van der Waals surface area contributed by atoms with Gasteiger partial charge in [0.25, 0.3) is 0 Å². The van der Waals surface area contributed by atoms with E-state index in [2.05, 4.69) is 5.32 Å². The molecule has 2 rings (SSSR count). The van der Waals surface area contributed by atoms with Gasteiger partial charge in [-0.3, -0.25) is 0 Å². The Bertz CT molecular complexity index is 167.